The van der Waals surface area contributed by atoms with Crippen molar-refractivity contribution < 1.29 is 0 Å². The number of nitrogens with one attached hydrogen (secondary N) is 1. The molecule has 0 atom stereocenters. The average molecular weight is 325 g/mol. The Bertz CT molecular complexity index is 826. The third-order valence-electron chi connectivity index (χ3n) is 4.15. The summed E-state index contributed by atoms with van der Waals surface area (Å²) >= 11 is 6.40. The summed E-state index contributed by atoms with van der Waals surface area (Å²) in [6, 6.07) is 11.8. The fourth-order valence-corrected chi connectivity index (χ4v) is 3.25. The van der Waals surface area contributed by atoms with E-state index in [1.165, 1.54) is 5.56 Å². The molecule has 0 unspecified atom stereocenters. The minimum absolute atomic E-state index is 0.696. The number of benzene rings is 1. The second-order valence-corrected chi connectivity index (χ2v) is 6.07. The van der Waals surface area contributed by atoms with Crippen LogP contribution in [0.1, 0.15) is 18.4 Å². The van der Waals surface area contributed by atoms with E-state index in [9.17, 15) is 0 Å². The monoisotopic (exact) mass is 324 g/mol. The predicted molar refractivity (Wildman–Crippen MR) is 93.2 cm³/mol. The lowest BCUT2D eigenvalue weighted by molar-refractivity contribution is 0.780. The lowest BCUT2D eigenvalue weighted by atomic mass is 10.1. The minimum Gasteiger partial charge on any atom is -0.370 e. The van der Waals surface area contributed by atoms with Crippen LogP contribution in [-0.2, 0) is 6.42 Å². The average Bonchev–Trinajstić information content (AvgIpc) is 2.78. The minimum atomic E-state index is 0.696. The zero-order valence-corrected chi connectivity index (χ0v) is 13.4. The van der Waals surface area contributed by atoms with Gasteiger partial charge < -0.3 is 5.32 Å². The summed E-state index contributed by atoms with van der Waals surface area (Å²) in [5, 5.41) is 9.09. The van der Waals surface area contributed by atoms with Crippen molar-refractivity contribution in [2.45, 2.75) is 19.3 Å². The van der Waals surface area contributed by atoms with E-state index >= 15 is 0 Å². The van der Waals surface area contributed by atoms with Crippen LogP contribution in [-0.4, -0.2) is 21.3 Å². The number of fused-ring (bicyclic) bond motifs is 1. The van der Waals surface area contributed by atoms with Gasteiger partial charge in [-0.15, -0.1) is 0 Å². The first-order valence-corrected chi connectivity index (χ1v) is 8.23. The standard InChI is InChI=1S/C18H17ClN4/c19-15-8-1-2-9-16(15)23-18-14(7-3-4-11-21-18)17(22-23)13-6-5-10-20-12-13/h1-2,5-6,8-10,12,21H,3-4,7,11H2. The normalized spacial score (nSPS) is 14.0. The molecule has 1 aromatic carbocycles. The van der Waals surface area contributed by atoms with E-state index in [4.69, 9.17) is 16.7 Å². The molecule has 0 saturated carbocycles. The Hall–Kier alpha value is -2.33. The summed E-state index contributed by atoms with van der Waals surface area (Å²) in [5.41, 5.74) is 4.17. The maximum Gasteiger partial charge on any atom is 0.133 e. The fourth-order valence-electron chi connectivity index (χ4n) is 3.03. The van der Waals surface area contributed by atoms with Crippen molar-refractivity contribution in [3.05, 3.63) is 59.4 Å². The highest BCUT2D eigenvalue weighted by atomic mass is 35.5. The van der Waals surface area contributed by atoms with Crippen molar-refractivity contribution in [3.8, 4) is 16.9 Å². The molecule has 1 aliphatic rings. The molecule has 0 amide bonds. The van der Waals surface area contributed by atoms with E-state index in [1.807, 2.05) is 41.2 Å². The van der Waals surface area contributed by atoms with Gasteiger partial charge >= 0.3 is 0 Å². The van der Waals surface area contributed by atoms with E-state index in [-0.39, 0.29) is 0 Å². The maximum atomic E-state index is 6.40. The van der Waals surface area contributed by atoms with Crippen LogP contribution in [0.5, 0.6) is 0 Å². The van der Waals surface area contributed by atoms with E-state index < -0.39 is 0 Å². The number of hydrogen-bond acceptors (Lipinski definition) is 3. The highest BCUT2D eigenvalue weighted by Crippen LogP contribution is 2.35. The van der Waals surface area contributed by atoms with Crippen molar-refractivity contribution in [3.63, 3.8) is 0 Å². The van der Waals surface area contributed by atoms with Gasteiger partial charge in [-0.3, -0.25) is 4.98 Å². The molecule has 4 nitrogen and oxygen atoms in total. The van der Waals surface area contributed by atoms with Crippen LogP contribution < -0.4 is 5.32 Å². The molecule has 1 N–H and O–H groups in total. The van der Waals surface area contributed by atoms with Crippen molar-refractivity contribution >= 4 is 17.4 Å². The van der Waals surface area contributed by atoms with Gasteiger partial charge in [-0.25, -0.2) is 4.68 Å². The zero-order valence-electron chi connectivity index (χ0n) is 12.7. The highest BCUT2D eigenvalue weighted by Gasteiger charge is 2.22. The molecule has 1 aliphatic heterocycles. The van der Waals surface area contributed by atoms with Crippen LogP contribution in [0.25, 0.3) is 16.9 Å². The van der Waals surface area contributed by atoms with Crippen LogP contribution in [0, 0.1) is 0 Å². The van der Waals surface area contributed by atoms with Gasteiger partial charge in [-0.05, 0) is 43.5 Å². The van der Waals surface area contributed by atoms with E-state index in [2.05, 4.69) is 16.4 Å². The summed E-state index contributed by atoms with van der Waals surface area (Å²) in [6.45, 7) is 0.954. The first-order chi connectivity index (χ1) is 11.3. The van der Waals surface area contributed by atoms with E-state index in [1.54, 1.807) is 6.20 Å². The molecule has 0 fully saturated rings. The quantitative estimate of drug-likeness (QED) is 0.762. The Morgan fingerprint density at radius 1 is 1.09 bits per heavy atom. The first kappa shape index (κ1) is 14.3. The number of hydrogen-bond donors (Lipinski definition) is 1. The molecule has 4 rings (SSSR count). The number of anilines is 1. The second kappa shape index (κ2) is 6.05. The molecular formula is C18H17ClN4. The van der Waals surface area contributed by atoms with Crippen LogP contribution in [0.15, 0.2) is 48.8 Å². The Morgan fingerprint density at radius 2 is 2.00 bits per heavy atom. The molecule has 0 radical (unpaired) electrons. The largest absolute Gasteiger partial charge is 0.370 e. The van der Waals surface area contributed by atoms with Crippen molar-refractivity contribution in [2.75, 3.05) is 11.9 Å². The van der Waals surface area contributed by atoms with Gasteiger partial charge in [-0.2, -0.15) is 5.10 Å². The number of halogens is 1. The molecule has 3 aromatic rings. The number of pyridine rings is 1. The van der Waals surface area contributed by atoms with Gasteiger partial charge in [0, 0.05) is 30.1 Å². The molecule has 23 heavy (non-hydrogen) atoms. The fraction of sp³-hybridized carbons (Fsp3) is 0.222. The van der Waals surface area contributed by atoms with Crippen LogP contribution in [0.2, 0.25) is 5.02 Å². The topological polar surface area (TPSA) is 42.7 Å². The Balaban J connectivity index is 1.94. The molecule has 0 aliphatic carbocycles. The summed E-state index contributed by atoms with van der Waals surface area (Å²) in [5.74, 6) is 1.05. The highest BCUT2D eigenvalue weighted by molar-refractivity contribution is 6.32. The lowest BCUT2D eigenvalue weighted by Crippen LogP contribution is -2.07. The van der Waals surface area contributed by atoms with E-state index in [0.29, 0.717) is 5.02 Å². The molecule has 0 bridgehead atoms. The number of para-hydroxylation sites is 1. The molecule has 3 heterocycles. The van der Waals surface area contributed by atoms with Gasteiger partial charge in [0.15, 0.2) is 0 Å². The molecule has 2 aromatic heterocycles. The Morgan fingerprint density at radius 3 is 2.83 bits per heavy atom. The van der Waals surface area contributed by atoms with Crippen molar-refractivity contribution in [1.29, 1.82) is 0 Å². The third kappa shape index (κ3) is 2.59. The smallest absolute Gasteiger partial charge is 0.133 e. The van der Waals surface area contributed by atoms with Gasteiger partial charge in [0.2, 0.25) is 0 Å². The van der Waals surface area contributed by atoms with Crippen LogP contribution in [0.3, 0.4) is 0 Å². The van der Waals surface area contributed by atoms with Crippen molar-refractivity contribution in [2.24, 2.45) is 0 Å². The van der Waals surface area contributed by atoms with Crippen LogP contribution >= 0.6 is 11.6 Å². The first-order valence-electron chi connectivity index (χ1n) is 7.85. The number of nitrogens with zero attached hydrogens (tertiary/aromatic N) is 3. The molecular weight excluding hydrogens is 308 g/mol. The van der Waals surface area contributed by atoms with Gasteiger partial charge in [0.25, 0.3) is 0 Å². The zero-order chi connectivity index (χ0) is 15.6. The summed E-state index contributed by atoms with van der Waals surface area (Å²) in [7, 11) is 0. The number of rotatable bonds is 2. The SMILES string of the molecule is Clc1ccccc1-n1nc(-c2cccnc2)c2c1NCCCC2. The third-order valence-corrected chi connectivity index (χ3v) is 4.46. The summed E-state index contributed by atoms with van der Waals surface area (Å²) in [6.07, 6.45) is 6.97. The maximum absolute atomic E-state index is 6.40. The molecule has 116 valence electrons. The van der Waals surface area contributed by atoms with Gasteiger partial charge in [0.05, 0.1) is 16.4 Å². The van der Waals surface area contributed by atoms with E-state index in [0.717, 1.165) is 48.6 Å². The Labute approximate surface area is 140 Å². The summed E-state index contributed by atoms with van der Waals surface area (Å²) in [4.78, 5) is 4.24. The van der Waals surface area contributed by atoms with Gasteiger partial charge in [0.1, 0.15) is 5.82 Å². The van der Waals surface area contributed by atoms with Crippen molar-refractivity contribution in [1.82, 2.24) is 14.8 Å². The predicted octanol–water partition coefficient (Wildman–Crippen LogP) is 4.34. The summed E-state index contributed by atoms with van der Waals surface area (Å²) < 4.78 is 1.94. The second-order valence-electron chi connectivity index (χ2n) is 5.66. The molecule has 5 heteroatoms. The molecule has 0 saturated heterocycles. The molecule has 0 spiro atoms. The lowest BCUT2D eigenvalue weighted by Gasteiger charge is -2.10. The van der Waals surface area contributed by atoms with Gasteiger partial charge in [-0.1, -0.05) is 23.7 Å². The Kier molecular flexibility index (Phi) is 3.75. The van der Waals surface area contributed by atoms with Crippen LogP contribution in [0.4, 0.5) is 5.82 Å². The number of aromatic nitrogens is 3.